The summed E-state index contributed by atoms with van der Waals surface area (Å²) in [6.45, 7) is 0. The third-order valence-corrected chi connectivity index (χ3v) is 3.13. The number of hydrogen-bond donors (Lipinski definition) is 3. The third-order valence-electron chi connectivity index (χ3n) is 1.59. The SMILES string of the molecule is CS(=O)(=O)Nc1ccc(S(=O)(=O)O)c(N)c1. The van der Waals surface area contributed by atoms with Crippen LogP contribution < -0.4 is 10.5 Å². The van der Waals surface area contributed by atoms with Crippen molar-refractivity contribution in [2.24, 2.45) is 0 Å². The Morgan fingerprint density at radius 1 is 1.25 bits per heavy atom. The molecule has 0 atom stereocenters. The van der Waals surface area contributed by atoms with Crippen LogP contribution in [0.4, 0.5) is 11.4 Å². The molecule has 0 heterocycles. The monoisotopic (exact) mass is 266 g/mol. The van der Waals surface area contributed by atoms with Gasteiger partial charge in [0.05, 0.1) is 17.6 Å². The van der Waals surface area contributed by atoms with Gasteiger partial charge in [0.1, 0.15) is 4.90 Å². The van der Waals surface area contributed by atoms with Crippen LogP contribution in [-0.2, 0) is 20.1 Å². The molecule has 0 aromatic heterocycles. The van der Waals surface area contributed by atoms with Gasteiger partial charge in [-0.2, -0.15) is 8.42 Å². The van der Waals surface area contributed by atoms with Crippen LogP contribution in [0.3, 0.4) is 0 Å². The summed E-state index contributed by atoms with van der Waals surface area (Å²) in [6, 6.07) is 3.29. The van der Waals surface area contributed by atoms with E-state index in [1.54, 1.807) is 0 Å². The summed E-state index contributed by atoms with van der Waals surface area (Å²) >= 11 is 0. The van der Waals surface area contributed by atoms with Crippen molar-refractivity contribution < 1.29 is 21.4 Å². The zero-order valence-electron chi connectivity index (χ0n) is 8.21. The summed E-state index contributed by atoms with van der Waals surface area (Å²) in [5, 5.41) is 0. The quantitative estimate of drug-likeness (QED) is 0.517. The second kappa shape index (κ2) is 3.92. The van der Waals surface area contributed by atoms with E-state index < -0.39 is 25.0 Å². The molecule has 1 aromatic carbocycles. The maximum Gasteiger partial charge on any atom is 0.296 e. The minimum atomic E-state index is -4.40. The van der Waals surface area contributed by atoms with Gasteiger partial charge in [0, 0.05) is 0 Å². The third kappa shape index (κ3) is 3.36. The summed E-state index contributed by atoms with van der Waals surface area (Å²) in [7, 11) is -7.86. The van der Waals surface area contributed by atoms with Gasteiger partial charge in [-0.05, 0) is 18.2 Å². The van der Waals surface area contributed by atoms with Crippen LogP contribution in [0.25, 0.3) is 0 Å². The average Bonchev–Trinajstić information content (AvgIpc) is 1.97. The van der Waals surface area contributed by atoms with Crippen molar-refractivity contribution in [2.75, 3.05) is 16.7 Å². The fourth-order valence-corrected chi connectivity index (χ4v) is 2.21. The molecule has 0 amide bonds. The number of hydrogen-bond acceptors (Lipinski definition) is 5. The maximum atomic E-state index is 10.9. The lowest BCUT2D eigenvalue weighted by atomic mass is 10.3. The van der Waals surface area contributed by atoms with E-state index in [-0.39, 0.29) is 11.4 Å². The normalized spacial score (nSPS) is 12.4. The Morgan fingerprint density at radius 3 is 2.19 bits per heavy atom. The lowest BCUT2D eigenvalue weighted by Gasteiger charge is -2.07. The van der Waals surface area contributed by atoms with Gasteiger partial charge >= 0.3 is 0 Å². The topological polar surface area (TPSA) is 127 Å². The van der Waals surface area contributed by atoms with Gasteiger partial charge in [-0.25, -0.2) is 8.42 Å². The fraction of sp³-hybridized carbons (Fsp3) is 0.143. The van der Waals surface area contributed by atoms with Crippen molar-refractivity contribution in [1.29, 1.82) is 0 Å². The summed E-state index contributed by atoms with van der Waals surface area (Å²) < 4.78 is 54.2. The van der Waals surface area contributed by atoms with Crippen LogP contribution in [0.2, 0.25) is 0 Å². The largest absolute Gasteiger partial charge is 0.398 e. The molecule has 0 aliphatic carbocycles. The van der Waals surface area contributed by atoms with Crippen molar-refractivity contribution in [3.05, 3.63) is 18.2 Å². The van der Waals surface area contributed by atoms with Crippen LogP contribution in [0.5, 0.6) is 0 Å². The van der Waals surface area contributed by atoms with Gasteiger partial charge in [-0.3, -0.25) is 9.27 Å². The van der Waals surface area contributed by atoms with Gasteiger partial charge in [0.15, 0.2) is 0 Å². The predicted octanol–water partition coefficient (Wildman–Crippen LogP) is -0.113. The van der Waals surface area contributed by atoms with Gasteiger partial charge in [-0.15, -0.1) is 0 Å². The van der Waals surface area contributed by atoms with Crippen molar-refractivity contribution >= 4 is 31.5 Å². The number of nitrogens with one attached hydrogen (secondary N) is 1. The Bertz CT molecular complexity index is 606. The predicted molar refractivity (Wildman–Crippen MR) is 59.1 cm³/mol. The summed E-state index contributed by atoms with van der Waals surface area (Å²) in [5.41, 5.74) is 5.23. The lowest BCUT2D eigenvalue weighted by Crippen LogP contribution is -2.10. The van der Waals surface area contributed by atoms with Crippen LogP contribution in [0.15, 0.2) is 23.1 Å². The van der Waals surface area contributed by atoms with Crippen molar-refractivity contribution in [1.82, 2.24) is 0 Å². The number of rotatable bonds is 3. The standard InChI is InChI=1S/C7H10N2O5S2/c1-15(10,11)9-5-2-3-7(6(8)4-5)16(12,13)14/h2-4,9H,8H2,1H3,(H,12,13,14). The first-order valence-electron chi connectivity index (χ1n) is 3.94. The summed E-state index contributed by atoms with van der Waals surface area (Å²) in [6.07, 6.45) is 0.944. The van der Waals surface area contributed by atoms with Crippen molar-refractivity contribution in [3.63, 3.8) is 0 Å². The van der Waals surface area contributed by atoms with Crippen LogP contribution >= 0.6 is 0 Å². The zero-order valence-corrected chi connectivity index (χ0v) is 9.84. The molecule has 16 heavy (non-hydrogen) atoms. The second-order valence-corrected chi connectivity index (χ2v) is 6.24. The van der Waals surface area contributed by atoms with E-state index in [1.807, 2.05) is 0 Å². The Hall–Kier alpha value is -1.32. The Balaban J connectivity index is 3.20. The van der Waals surface area contributed by atoms with E-state index >= 15 is 0 Å². The van der Waals surface area contributed by atoms with E-state index in [4.69, 9.17) is 10.3 Å². The molecule has 0 saturated heterocycles. The van der Waals surface area contributed by atoms with Gasteiger partial charge in [-0.1, -0.05) is 0 Å². The van der Waals surface area contributed by atoms with E-state index in [1.165, 1.54) is 6.07 Å². The summed E-state index contributed by atoms with van der Waals surface area (Å²) in [4.78, 5) is -0.466. The molecular formula is C7H10N2O5S2. The fourth-order valence-electron chi connectivity index (χ4n) is 1.06. The highest BCUT2D eigenvalue weighted by Gasteiger charge is 2.14. The number of nitrogen functional groups attached to an aromatic ring is 1. The molecule has 0 fully saturated rings. The number of sulfonamides is 1. The molecule has 0 aliphatic heterocycles. The van der Waals surface area contributed by atoms with Crippen molar-refractivity contribution in [3.8, 4) is 0 Å². The zero-order chi connectivity index (χ0) is 12.6. The van der Waals surface area contributed by atoms with Crippen LogP contribution in [-0.4, -0.2) is 27.6 Å². The molecule has 7 nitrogen and oxygen atoms in total. The molecule has 0 spiro atoms. The summed E-state index contributed by atoms with van der Waals surface area (Å²) in [5.74, 6) is 0. The molecule has 0 unspecified atom stereocenters. The molecule has 1 aromatic rings. The maximum absolute atomic E-state index is 10.9. The first-order chi connectivity index (χ1) is 7.09. The molecule has 9 heteroatoms. The highest BCUT2D eigenvalue weighted by Crippen LogP contribution is 2.22. The highest BCUT2D eigenvalue weighted by atomic mass is 32.2. The minimum absolute atomic E-state index is 0.118. The van der Waals surface area contributed by atoms with E-state index in [2.05, 4.69) is 4.72 Å². The molecule has 0 bridgehead atoms. The molecule has 90 valence electrons. The Morgan fingerprint density at radius 2 is 1.81 bits per heavy atom. The number of anilines is 2. The molecule has 1 rings (SSSR count). The minimum Gasteiger partial charge on any atom is -0.398 e. The Kier molecular flexibility index (Phi) is 3.13. The van der Waals surface area contributed by atoms with E-state index in [0.717, 1.165) is 18.4 Å². The Labute approximate surface area is 93.1 Å². The van der Waals surface area contributed by atoms with E-state index in [0.29, 0.717) is 0 Å². The lowest BCUT2D eigenvalue weighted by molar-refractivity contribution is 0.483. The van der Waals surface area contributed by atoms with Crippen molar-refractivity contribution in [2.45, 2.75) is 4.90 Å². The second-order valence-electron chi connectivity index (χ2n) is 3.10. The number of nitrogens with two attached hydrogens (primary N) is 1. The molecule has 0 radical (unpaired) electrons. The van der Waals surface area contributed by atoms with Gasteiger partial charge in [0.2, 0.25) is 10.0 Å². The van der Waals surface area contributed by atoms with Crippen LogP contribution in [0.1, 0.15) is 0 Å². The highest BCUT2D eigenvalue weighted by molar-refractivity contribution is 7.92. The molecule has 0 saturated carbocycles. The molecular weight excluding hydrogens is 256 g/mol. The average molecular weight is 266 g/mol. The first-order valence-corrected chi connectivity index (χ1v) is 7.27. The van der Waals surface area contributed by atoms with Crippen LogP contribution in [0, 0.1) is 0 Å². The molecule has 4 N–H and O–H groups in total. The van der Waals surface area contributed by atoms with Gasteiger partial charge < -0.3 is 5.73 Å². The molecule has 0 aliphatic rings. The number of benzene rings is 1. The van der Waals surface area contributed by atoms with E-state index in [9.17, 15) is 16.8 Å². The first kappa shape index (κ1) is 12.7. The van der Waals surface area contributed by atoms with Gasteiger partial charge in [0.25, 0.3) is 10.1 Å². The smallest absolute Gasteiger partial charge is 0.296 e.